The first-order valence-electron chi connectivity index (χ1n) is 8.18. The van der Waals surface area contributed by atoms with Gasteiger partial charge >= 0.3 is 0 Å². The Morgan fingerprint density at radius 1 is 1.11 bits per heavy atom. The van der Waals surface area contributed by atoms with E-state index in [4.69, 9.17) is 11.6 Å². The first-order chi connectivity index (χ1) is 12.8. The van der Waals surface area contributed by atoms with Crippen LogP contribution in [0, 0.1) is 6.92 Å². The van der Waals surface area contributed by atoms with Crippen LogP contribution in [0.15, 0.2) is 41.5 Å². The van der Waals surface area contributed by atoms with E-state index in [1.54, 1.807) is 32.0 Å². The van der Waals surface area contributed by atoms with Crippen molar-refractivity contribution in [3.8, 4) is 11.5 Å². The van der Waals surface area contributed by atoms with Gasteiger partial charge in [0.1, 0.15) is 11.5 Å². The highest BCUT2D eigenvalue weighted by Gasteiger charge is 2.10. The van der Waals surface area contributed by atoms with Crippen molar-refractivity contribution >= 4 is 34.8 Å². The zero-order chi connectivity index (χ0) is 20.0. The van der Waals surface area contributed by atoms with E-state index in [2.05, 4.69) is 15.8 Å². The van der Waals surface area contributed by atoms with Crippen LogP contribution in [-0.4, -0.2) is 27.7 Å². The minimum atomic E-state index is -0.439. The summed E-state index contributed by atoms with van der Waals surface area (Å²) in [6.45, 7) is 3.39. The Bertz CT molecular complexity index is 897. The number of rotatable bonds is 6. The first-order valence-corrected chi connectivity index (χ1v) is 8.56. The summed E-state index contributed by atoms with van der Waals surface area (Å²) in [5, 5.41) is 26.2. The number of carbonyl (C=O) groups excluding carboxylic acids is 2. The zero-order valence-corrected chi connectivity index (χ0v) is 15.7. The molecule has 0 aliphatic heterocycles. The van der Waals surface area contributed by atoms with Gasteiger partial charge in [0, 0.05) is 35.2 Å². The SMILES string of the molecule is CC(=NNC(=O)CCC(=O)Nc1cccc(Cl)c1C)c1ccc(O)cc1O. The quantitative estimate of drug-likeness (QED) is 0.448. The summed E-state index contributed by atoms with van der Waals surface area (Å²) in [6.07, 6.45) is -0.0688. The molecule has 7 nitrogen and oxygen atoms in total. The van der Waals surface area contributed by atoms with E-state index in [-0.39, 0.29) is 30.2 Å². The van der Waals surface area contributed by atoms with Crippen LogP contribution in [-0.2, 0) is 9.59 Å². The summed E-state index contributed by atoms with van der Waals surface area (Å²) in [4.78, 5) is 23.9. The molecule has 0 aliphatic carbocycles. The number of anilines is 1. The lowest BCUT2D eigenvalue weighted by Crippen LogP contribution is -2.22. The number of carbonyl (C=O) groups is 2. The average Bonchev–Trinajstić information content (AvgIpc) is 2.62. The van der Waals surface area contributed by atoms with E-state index in [0.29, 0.717) is 22.0 Å². The molecular weight excluding hydrogens is 370 g/mol. The third-order valence-corrected chi connectivity index (χ3v) is 4.25. The Kier molecular flexibility index (Phi) is 6.79. The Morgan fingerprint density at radius 3 is 2.52 bits per heavy atom. The molecule has 0 heterocycles. The standard InChI is InChI=1S/C19H20ClN3O4/c1-11-15(20)4-3-5-16(11)21-18(26)8-9-19(27)23-22-12(2)14-7-6-13(24)10-17(14)25/h3-7,10,24-25H,8-9H2,1-2H3,(H,21,26)(H,23,27). The maximum atomic E-state index is 12.0. The number of hydrogen-bond acceptors (Lipinski definition) is 5. The van der Waals surface area contributed by atoms with E-state index in [1.165, 1.54) is 18.2 Å². The van der Waals surface area contributed by atoms with E-state index < -0.39 is 5.91 Å². The predicted octanol–water partition coefficient (Wildman–Crippen LogP) is 3.32. The molecule has 0 saturated heterocycles. The van der Waals surface area contributed by atoms with Gasteiger partial charge < -0.3 is 15.5 Å². The highest BCUT2D eigenvalue weighted by molar-refractivity contribution is 6.31. The van der Waals surface area contributed by atoms with Crippen LogP contribution < -0.4 is 10.7 Å². The van der Waals surface area contributed by atoms with Crippen molar-refractivity contribution in [3.63, 3.8) is 0 Å². The van der Waals surface area contributed by atoms with Crippen molar-refractivity contribution in [1.29, 1.82) is 0 Å². The first kappa shape index (κ1) is 20.3. The van der Waals surface area contributed by atoms with Crippen LogP contribution >= 0.6 is 11.6 Å². The fourth-order valence-corrected chi connectivity index (χ4v) is 2.45. The second kappa shape index (κ2) is 9.05. The largest absolute Gasteiger partial charge is 0.508 e. The normalized spacial score (nSPS) is 11.1. The van der Waals surface area contributed by atoms with Crippen molar-refractivity contribution in [2.75, 3.05) is 5.32 Å². The van der Waals surface area contributed by atoms with Gasteiger partial charge in [-0.3, -0.25) is 9.59 Å². The molecule has 0 spiro atoms. The Hall–Kier alpha value is -3.06. The van der Waals surface area contributed by atoms with Gasteiger partial charge in [0.25, 0.3) is 0 Å². The Labute approximate surface area is 161 Å². The molecule has 8 heteroatoms. The van der Waals surface area contributed by atoms with Gasteiger partial charge in [-0.25, -0.2) is 5.43 Å². The molecule has 27 heavy (non-hydrogen) atoms. The van der Waals surface area contributed by atoms with Crippen LogP contribution in [0.25, 0.3) is 0 Å². The van der Waals surface area contributed by atoms with Crippen molar-refractivity contribution in [1.82, 2.24) is 5.43 Å². The maximum Gasteiger partial charge on any atom is 0.240 e. The molecule has 0 radical (unpaired) electrons. The molecule has 0 unspecified atom stereocenters. The second-order valence-electron chi connectivity index (χ2n) is 5.89. The van der Waals surface area contributed by atoms with Crippen molar-refractivity contribution in [2.45, 2.75) is 26.7 Å². The summed E-state index contributed by atoms with van der Waals surface area (Å²) in [7, 11) is 0. The van der Waals surface area contributed by atoms with Crippen LogP contribution in [0.4, 0.5) is 5.69 Å². The topological polar surface area (TPSA) is 111 Å². The van der Waals surface area contributed by atoms with Crippen molar-refractivity contribution in [3.05, 3.63) is 52.5 Å². The van der Waals surface area contributed by atoms with Crippen LogP contribution in [0.3, 0.4) is 0 Å². The Balaban J connectivity index is 1.86. The van der Waals surface area contributed by atoms with E-state index in [0.717, 1.165) is 5.56 Å². The number of nitrogens with zero attached hydrogens (tertiary/aromatic N) is 1. The zero-order valence-electron chi connectivity index (χ0n) is 14.9. The van der Waals surface area contributed by atoms with E-state index in [1.807, 2.05) is 0 Å². The number of hydrazone groups is 1. The number of phenolic OH excluding ortho intramolecular Hbond substituents is 2. The molecular formula is C19H20ClN3O4. The molecule has 0 fully saturated rings. The molecule has 0 saturated carbocycles. The third-order valence-electron chi connectivity index (χ3n) is 3.84. The van der Waals surface area contributed by atoms with E-state index in [9.17, 15) is 19.8 Å². The molecule has 4 N–H and O–H groups in total. The van der Waals surface area contributed by atoms with Gasteiger partial charge in [0.05, 0.1) is 5.71 Å². The smallest absolute Gasteiger partial charge is 0.240 e. The molecule has 2 aromatic carbocycles. The van der Waals surface area contributed by atoms with Crippen molar-refractivity contribution < 1.29 is 19.8 Å². The molecule has 2 amide bonds. The lowest BCUT2D eigenvalue weighted by atomic mass is 10.1. The minimum Gasteiger partial charge on any atom is -0.508 e. The second-order valence-corrected chi connectivity index (χ2v) is 6.30. The molecule has 0 bridgehead atoms. The predicted molar refractivity (Wildman–Crippen MR) is 104 cm³/mol. The lowest BCUT2D eigenvalue weighted by Gasteiger charge is -2.09. The summed E-state index contributed by atoms with van der Waals surface area (Å²) in [5.74, 6) is -0.978. The van der Waals surface area contributed by atoms with Gasteiger partial charge in [0.15, 0.2) is 0 Å². The molecule has 142 valence electrons. The summed E-state index contributed by atoms with van der Waals surface area (Å²) in [5.41, 5.74) is 4.43. The van der Waals surface area contributed by atoms with Gasteiger partial charge in [-0.1, -0.05) is 17.7 Å². The van der Waals surface area contributed by atoms with E-state index >= 15 is 0 Å². The molecule has 0 aliphatic rings. The monoisotopic (exact) mass is 389 g/mol. The van der Waals surface area contributed by atoms with Crippen LogP contribution in [0.1, 0.15) is 30.9 Å². The number of amides is 2. The van der Waals surface area contributed by atoms with Gasteiger partial charge in [0.2, 0.25) is 11.8 Å². The number of aromatic hydroxyl groups is 2. The van der Waals surface area contributed by atoms with Gasteiger partial charge in [-0.15, -0.1) is 0 Å². The highest BCUT2D eigenvalue weighted by Crippen LogP contribution is 2.24. The average molecular weight is 390 g/mol. The number of phenols is 2. The summed E-state index contributed by atoms with van der Waals surface area (Å²) in [6, 6.07) is 9.25. The molecule has 2 rings (SSSR count). The maximum absolute atomic E-state index is 12.0. The van der Waals surface area contributed by atoms with Gasteiger partial charge in [-0.2, -0.15) is 5.10 Å². The molecule has 2 aromatic rings. The minimum absolute atomic E-state index is 0.0170. The lowest BCUT2D eigenvalue weighted by molar-refractivity contribution is -0.124. The highest BCUT2D eigenvalue weighted by atomic mass is 35.5. The summed E-state index contributed by atoms with van der Waals surface area (Å²) >= 11 is 6.00. The van der Waals surface area contributed by atoms with Gasteiger partial charge in [-0.05, 0) is 43.7 Å². The third kappa shape index (κ3) is 5.72. The fraction of sp³-hybridized carbons (Fsp3) is 0.211. The van der Waals surface area contributed by atoms with Crippen molar-refractivity contribution in [2.24, 2.45) is 5.10 Å². The Morgan fingerprint density at radius 2 is 1.81 bits per heavy atom. The fourth-order valence-electron chi connectivity index (χ4n) is 2.27. The number of halogens is 1. The number of hydrogen-bond donors (Lipinski definition) is 4. The summed E-state index contributed by atoms with van der Waals surface area (Å²) < 4.78 is 0. The molecule has 0 aromatic heterocycles. The number of nitrogens with one attached hydrogen (secondary N) is 2. The number of benzene rings is 2. The van der Waals surface area contributed by atoms with Crippen LogP contribution in [0.2, 0.25) is 5.02 Å². The van der Waals surface area contributed by atoms with Crippen LogP contribution in [0.5, 0.6) is 11.5 Å². The molecule has 0 atom stereocenters.